The van der Waals surface area contributed by atoms with Gasteiger partial charge in [0.05, 0.1) is 12.1 Å². The molecule has 0 unspecified atom stereocenters. The van der Waals surface area contributed by atoms with Crippen molar-refractivity contribution >= 4 is 11.8 Å². The standard InChI is InChI=1S/C20H30N2O3/c1-19(2)13-21(12-18(24)22(14-19)15-20(3,4)25)17(23)11-10-16-8-6-5-7-9-16/h5-9,25H,10-15H2,1-4H3. The van der Waals surface area contributed by atoms with E-state index in [0.717, 1.165) is 5.56 Å². The molecule has 1 saturated heterocycles. The molecule has 1 aliphatic rings. The fourth-order valence-electron chi connectivity index (χ4n) is 3.33. The van der Waals surface area contributed by atoms with Crippen LogP contribution in [0.15, 0.2) is 30.3 Å². The van der Waals surface area contributed by atoms with E-state index in [1.165, 1.54) is 0 Å². The molecule has 1 aromatic rings. The molecule has 5 heteroatoms. The SMILES string of the molecule is CC(C)(O)CN1CC(C)(C)CN(C(=O)CCc2ccccc2)CC1=O. The Bertz CT molecular complexity index is 605. The van der Waals surface area contributed by atoms with Crippen LogP contribution in [0.25, 0.3) is 0 Å². The third kappa shape index (κ3) is 6.16. The first-order valence-electron chi connectivity index (χ1n) is 8.88. The smallest absolute Gasteiger partial charge is 0.242 e. The Labute approximate surface area is 150 Å². The Morgan fingerprint density at radius 1 is 1.20 bits per heavy atom. The largest absolute Gasteiger partial charge is 0.389 e. The molecule has 0 bridgehead atoms. The predicted octanol–water partition coefficient (Wildman–Crippen LogP) is 2.09. The molecule has 2 amide bonds. The summed E-state index contributed by atoms with van der Waals surface area (Å²) in [6.45, 7) is 8.96. The number of aryl methyl sites for hydroxylation is 1. The quantitative estimate of drug-likeness (QED) is 0.888. The van der Waals surface area contributed by atoms with E-state index >= 15 is 0 Å². The molecule has 0 spiro atoms. The van der Waals surface area contributed by atoms with Crippen LogP contribution in [0.2, 0.25) is 0 Å². The lowest BCUT2D eigenvalue weighted by molar-refractivity contribution is -0.140. The Morgan fingerprint density at radius 3 is 2.44 bits per heavy atom. The van der Waals surface area contributed by atoms with Crippen LogP contribution in [-0.4, -0.2) is 58.5 Å². The van der Waals surface area contributed by atoms with Gasteiger partial charge in [0.25, 0.3) is 0 Å². The van der Waals surface area contributed by atoms with Gasteiger partial charge in [0.2, 0.25) is 11.8 Å². The molecule has 0 atom stereocenters. The number of amides is 2. The van der Waals surface area contributed by atoms with Crippen LogP contribution in [0.5, 0.6) is 0 Å². The van der Waals surface area contributed by atoms with Crippen LogP contribution in [0, 0.1) is 5.41 Å². The maximum absolute atomic E-state index is 12.7. The van der Waals surface area contributed by atoms with E-state index in [0.29, 0.717) is 25.9 Å². The van der Waals surface area contributed by atoms with E-state index in [-0.39, 0.29) is 30.3 Å². The zero-order valence-electron chi connectivity index (χ0n) is 15.8. The van der Waals surface area contributed by atoms with Gasteiger partial charge in [0.1, 0.15) is 0 Å². The number of benzene rings is 1. The summed E-state index contributed by atoms with van der Waals surface area (Å²) in [6, 6.07) is 9.91. The zero-order chi connectivity index (χ0) is 18.7. The van der Waals surface area contributed by atoms with E-state index < -0.39 is 5.60 Å². The summed E-state index contributed by atoms with van der Waals surface area (Å²) < 4.78 is 0. The zero-order valence-corrected chi connectivity index (χ0v) is 15.8. The molecule has 1 aliphatic heterocycles. The topological polar surface area (TPSA) is 60.9 Å². The second-order valence-electron chi connectivity index (χ2n) is 8.46. The number of carbonyl (C=O) groups excluding carboxylic acids is 2. The van der Waals surface area contributed by atoms with Crippen molar-refractivity contribution in [2.75, 3.05) is 26.2 Å². The number of aliphatic hydroxyl groups is 1. The molecule has 25 heavy (non-hydrogen) atoms. The molecule has 138 valence electrons. The lowest BCUT2D eigenvalue weighted by Gasteiger charge is -2.33. The van der Waals surface area contributed by atoms with Crippen LogP contribution >= 0.6 is 0 Å². The summed E-state index contributed by atoms with van der Waals surface area (Å²) in [5.41, 5.74) is -0.0298. The minimum atomic E-state index is -0.946. The summed E-state index contributed by atoms with van der Waals surface area (Å²) >= 11 is 0. The van der Waals surface area contributed by atoms with Crippen LogP contribution < -0.4 is 0 Å². The number of nitrogens with zero attached hydrogens (tertiary/aromatic N) is 2. The number of carbonyl (C=O) groups is 2. The maximum atomic E-state index is 12.7. The van der Waals surface area contributed by atoms with Gasteiger partial charge < -0.3 is 14.9 Å². The van der Waals surface area contributed by atoms with E-state index in [2.05, 4.69) is 13.8 Å². The van der Waals surface area contributed by atoms with E-state index in [1.54, 1.807) is 23.6 Å². The Morgan fingerprint density at radius 2 is 1.84 bits per heavy atom. The fraction of sp³-hybridized carbons (Fsp3) is 0.600. The van der Waals surface area contributed by atoms with Crippen molar-refractivity contribution in [2.24, 2.45) is 5.41 Å². The highest BCUT2D eigenvalue weighted by Crippen LogP contribution is 2.24. The second-order valence-corrected chi connectivity index (χ2v) is 8.46. The number of hydrogen-bond donors (Lipinski definition) is 1. The summed E-state index contributed by atoms with van der Waals surface area (Å²) in [6.07, 6.45) is 1.08. The van der Waals surface area contributed by atoms with Gasteiger partial charge in [-0.25, -0.2) is 0 Å². The first-order chi connectivity index (χ1) is 11.6. The van der Waals surface area contributed by atoms with Gasteiger partial charge in [0.15, 0.2) is 0 Å². The molecule has 0 saturated carbocycles. The third-order valence-electron chi connectivity index (χ3n) is 4.32. The lowest BCUT2D eigenvalue weighted by Crippen LogP contribution is -2.46. The van der Waals surface area contributed by atoms with Crippen molar-refractivity contribution in [3.05, 3.63) is 35.9 Å². The van der Waals surface area contributed by atoms with Gasteiger partial charge in [-0.2, -0.15) is 0 Å². The first-order valence-corrected chi connectivity index (χ1v) is 8.88. The minimum absolute atomic E-state index is 0.00962. The van der Waals surface area contributed by atoms with Crippen molar-refractivity contribution in [3.8, 4) is 0 Å². The first kappa shape index (κ1) is 19.4. The molecule has 1 heterocycles. The van der Waals surface area contributed by atoms with Crippen molar-refractivity contribution in [3.63, 3.8) is 0 Å². The molecule has 5 nitrogen and oxygen atoms in total. The Kier molecular flexibility index (Phi) is 5.88. The van der Waals surface area contributed by atoms with Crippen molar-refractivity contribution in [1.82, 2.24) is 9.80 Å². The van der Waals surface area contributed by atoms with Gasteiger partial charge >= 0.3 is 0 Å². The molecule has 0 aromatic heterocycles. The van der Waals surface area contributed by atoms with Crippen molar-refractivity contribution < 1.29 is 14.7 Å². The van der Waals surface area contributed by atoms with Crippen molar-refractivity contribution in [1.29, 1.82) is 0 Å². The number of rotatable bonds is 5. The van der Waals surface area contributed by atoms with E-state index in [4.69, 9.17) is 0 Å². The summed E-state index contributed by atoms with van der Waals surface area (Å²) in [7, 11) is 0. The highest BCUT2D eigenvalue weighted by molar-refractivity contribution is 5.85. The molecule has 0 radical (unpaired) electrons. The van der Waals surface area contributed by atoms with Gasteiger partial charge in [-0.1, -0.05) is 44.2 Å². The predicted molar refractivity (Wildman–Crippen MR) is 98.0 cm³/mol. The van der Waals surface area contributed by atoms with Crippen LogP contribution in [0.1, 0.15) is 39.7 Å². The van der Waals surface area contributed by atoms with E-state index in [1.807, 2.05) is 30.3 Å². The molecular formula is C20H30N2O3. The van der Waals surface area contributed by atoms with Crippen LogP contribution in [-0.2, 0) is 16.0 Å². The van der Waals surface area contributed by atoms with E-state index in [9.17, 15) is 14.7 Å². The van der Waals surface area contributed by atoms with Gasteiger partial charge in [-0.05, 0) is 31.2 Å². The average Bonchev–Trinajstić information content (AvgIpc) is 2.60. The minimum Gasteiger partial charge on any atom is -0.389 e. The van der Waals surface area contributed by atoms with Crippen LogP contribution in [0.3, 0.4) is 0 Å². The summed E-state index contributed by atoms with van der Waals surface area (Å²) in [5, 5.41) is 10.1. The Balaban J connectivity index is 2.03. The number of β-amino-alcohol motifs (C(OH)–C–C–N with tert-alkyl or cyclic N) is 1. The molecule has 0 aliphatic carbocycles. The maximum Gasteiger partial charge on any atom is 0.242 e. The fourth-order valence-corrected chi connectivity index (χ4v) is 3.33. The average molecular weight is 346 g/mol. The summed E-state index contributed by atoms with van der Waals surface area (Å²) in [5.74, 6) is -0.0869. The monoisotopic (exact) mass is 346 g/mol. The molecule has 1 fully saturated rings. The number of hydrogen-bond acceptors (Lipinski definition) is 3. The van der Waals surface area contributed by atoms with Crippen LogP contribution in [0.4, 0.5) is 0 Å². The molecular weight excluding hydrogens is 316 g/mol. The highest BCUT2D eigenvalue weighted by Gasteiger charge is 2.36. The van der Waals surface area contributed by atoms with Crippen molar-refractivity contribution in [2.45, 2.75) is 46.1 Å². The highest BCUT2D eigenvalue weighted by atomic mass is 16.3. The van der Waals surface area contributed by atoms with Gasteiger partial charge in [-0.3, -0.25) is 9.59 Å². The molecule has 1 aromatic carbocycles. The lowest BCUT2D eigenvalue weighted by atomic mass is 9.92. The third-order valence-corrected chi connectivity index (χ3v) is 4.32. The molecule has 1 N–H and O–H groups in total. The van der Waals surface area contributed by atoms with Gasteiger partial charge in [-0.15, -0.1) is 0 Å². The second kappa shape index (κ2) is 7.56. The normalized spacial score (nSPS) is 18.2. The summed E-state index contributed by atoms with van der Waals surface area (Å²) in [4.78, 5) is 28.6. The molecule has 2 rings (SSSR count). The Hall–Kier alpha value is -1.88. The van der Waals surface area contributed by atoms with Gasteiger partial charge in [0, 0.05) is 26.1 Å².